The fourth-order valence-electron chi connectivity index (χ4n) is 3.35. The lowest BCUT2D eigenvalue weighted by molar-refractivity contribution is 0.147. The van der Waals surface area contributed by atoms with E-state index in [1.54, 1.807) is 0 Å². The standard InChI is InChI=1S/C19H28N2/c1-4-19(2,3)16-7-11-18(12-8-16)21-17-9-5-15(6-10-17)13-14-20/h5-6,9-10,16,18,21H,4,7-8,11-13H2,1-3H3. The second-order valence-electron chi connectivity index (χ2n) is 7.07. The summed E-state index contributed by atoms with van der Waals surface area (Å²) in [6, 6.07) is 11.1. The zero-order chi connectivity index (χ0) is 15.3. The number of anilines is 1. The molecule has 1 aromatic rings. The van der Waals surface area contributed by atoms with E-state index in [1.807, 2.05) is 0 Å². The average Bonchev–Trinajstić information content (AvgIpc) is 2.50. The third-order valence-corrected chi connectivity index (χ3v) is 5.35. The maximum Gasteiger partial charge on any atom is 0.0669 e. The van der Waals surface area contributed by atoms with Gasteiger partial charge in [-0.2, -0.15) is 5.26 Å². The summed E-state index contributed by atoms with van der Waals surface area (Å²) >= 11 is 0. The molecule has 1 aliphatic carbocycles. The lowest BCUT2D eigenvalue weighted by Gasteiger charge is -2.39. The van der Waals surface area contributed by atoms with Crippen LogP contribution >= 0.6 is 0 Å². The molecule has 2 heteroatoms. The Kier molecular flexibility index (Phi) is 5.28. The molecular weight excluding hydrogens is 256 g/mol. The number of benzene rings is 1. The maximum absolute atomic E-state index is 8.70. The van der Waals surface area contributed by atoms with E-state index >= 15 is 0 Å². The predicted octanol–water partition coefficient (Wildman–Crippen LogP) is 5.16. The van der Waals surface area contributed by atoms with E-state index in [-0.39, 0.29) is 0 Å². The van der Waals surface area contributed by atoms with E-state index < -0.39 is 0 Å². The van der Waals surface area contributed by atoms with Gasteiger partial charge in [-0.1, -0.05) is 39.3 Å². The van der Waals surface area contributed by atoms with E-state index in [0.717, 1.165) is 11.5 Å². The van der Waals surface area contributed by atoms with Crippen LogP contribution in [0.4, 0.5) is 5.69 Å². The molecular formula is C19H28N2. The van der Waals surface area contributed by atoms with Crippen molar-refractivity contribution < 1.29 is 0 Å². The highest BCUT2D eigenvalue weighted by Crippen LogP contribution is 2.40. The summed E-state index contributed by atoms with van der Waals surface area (Å²) in [5.74, 6) is 0.874. The van der Waals surface area contributed by atoms with Crippen LogP contribution < -0.4 is 5.32 Å². The number of rotatable bonds is 5. The molecule has 0 radical (unpaired) electrons. The summed E-state index contributed by atoms with van der Waals surface area (Å²) in [4.78, 5) is 0. The van der Waals surface area contributed by atoms with Crippen molar-refractivity contribution in [2.75, 3.05) is 5.32 Å². The van der Waals surface area contributed by atoms with Crippen LogP contribution in [0.15, 0.2) is 24.3 Å². The molecule has 0 bridgehead atoms. The SMILES string of the molecule is CCC(C)(C)C1CCC(Nc2ccc(CC#N)cc2)CC1. The summed E-state index contributed by atoms with van der Waals surface area (Å²) in [7, 11) is 0. The van der Waals surface area contributed by atoms with Crippen molar-refractivity contribution in [1.29, 1.82) is 5.26 Å². The normalized spacial score (nSPS) is 22.6. The van der Waals surface area contributed by atoms with Crippen molar-refractivity contribution >= 4 is 5.69 Å². The molecule has 2 nitrogen and oxygen atoms in total. The quantitative estimate of drug-likeness (QED) is 0.810. The summed E-state index contributed by atoms with van der Waals surface area (Å²) in [5.41, 5.74) is 2.77. The predicted molar refractivity (Wildman–Crippen MR) is 89.2 cm³/mol. The Morgan fingerprint density at radius 3 is 2.29 bits per heavy atom. The summed E-state index contributed by atoms with van der Waals surface area (Å²) in [6.45, 7) is 7.14. The monoisotopic (exact) mass is 284 g/mol. The number of nitrogens with zero attached hydrogens (tertiary/aromatic N) is 1. The lowest BCUT2D eigenvalue weighted by atomic mass is 9.69. The molecule has 0 atom stereocenters. The molecule has 1 saturated carbocycles. The highest BCUT2D eigenvalue weighted by Gasteiger charge is 2.31. The zero-order valence-electron chi connectivity index (χ0n) is 13.7. The molecule has 0 spiro atoms. The molecule has 21 heavy (non-hydrogen) atoms. The topological polar surface area (TPSA) is 35.8 Å². The van der Waals surface area contributed by atoms with E-state index in [2.05, 4.69) is 56.4 Å². The molecule has 114 valence electrons. The van der Waals surface area contributed by atoms with Crippen molar-refractivity contribution in [3.8, 4) is 6.07 Å². The number of hydrogen-bond acceptors (Lipinski definition) is 2. The molecule has 0 amide bonds. The van der Waals surface area contributed by atoms with Crippen LogP contribution in [-0.4, -0.2) is 6.04 Å². The van der Waals surface area contributed by atoms with Crippen molar-refractivity contribution in [2.24, 2.45) is 11.3 Å². The molecule has 2 rings (SSSR count). The molecule has 1 aromatic carbocycles. The highest BCUT2D eigenvalue weighted by molar-refractivity contribution is 5.45. The molecule has 0 unspecified atom stereocenters. The first kappa shape index (κ1) is 15.9. The van der Waals surface area contributed by atoms with Crippen LogP contribution in [0.5, 0.6) is 0 Å². The first-order valence-corrected chi connectivity index (χ1v) is 8.27. The number of nitriles is 1. The summed E-state index contributed by atoms with van der Waals surface area (Å²) < 4.78 is 0. The Bertz CT molecular complexity index is 473. The third kappa shape index (κ3) is 4.24. The van der Waals surface area contributed by atoms with Gasteiger partial charge < -0.3 is 5.32 Å². The molecule has 0 saturated heterocycles. The van der Waals surface area contributed by atoms with Gasteiger partial charge in [0.1, 0.15) is 0 Å². The van der Waals surface area contributed by atoms with Crippen LogP contribution in [0.2, 0.25) is 0 Å². The van der Waals surface area contributed by atoms with E-state index in [9.17, 15) is 0 Å². The molecule has 0 aliphatic heterocycles. The minimum absolute atomic E-state index is 0.490. The molecule has 0 heterocycles. The van der Waals surface area contributed by atoms with Gasteiger partial charge in [-0.05, 0) is 54.7 Å². The van der Waals surface area contributed by atoms with E-state index in [0.29, 0.717) is 17.9 Å². The molecule has 1 N–H and O–H groups in total. The van der Waals surface area contributed by atoms with Crippen LogP contribution in [-0.2, 0) is 6.42 Å². The summed E-state index contributed by atoms with van der Waals surface area (Å²) in [6.07, 6.45) is 6.99. The van der Waals surface area contributed by atoms with Crippen LogP contribution in [0.1, 0.15) is 58.4 Å². The lowest BCUT2D eigenvalue weighted by Crippen LogP contribution is -2.32. The fraction of sp³-hybridized carbons (Fsp3) is 0.632. The fourth-order valence-corrected chi connectivity index (χ4v) is 3.35. The van der Waals surface area contributed by atoms with Crippen molar-refractivity contribution in [3.63, 3.8) is 0 Å². The van der Waals surface area contributed by atoms with Crippen LogP contribution in [0, 0.1) is 22.7 Å². The van der Waals surface area contributed by atoms with E-state index in [1.165, 1.54) is 37.8 Å². The van der Waals surface area contributed by atoms with Gasteiger partial charge in [-0.3, -0.25) is 0 Å². The average molecular weight is 284 g/mol. The Hall–Kier alpha value is -1.49. The van der Waals surface area contributed by atoms with Gasteiger partial charge in [-0.25, -0.2) is 0 Å². The zero-order valence-corrected chi connectivity index (χ0v) is 13.7. The Labute approximate surface area is 129 Å². The Balaban J connectivity index is 1.85. The minimum Gasteiger partial charge on any atom is -0.382 e. The first-order valence-electron chi connectivity index (χ1n) is 8.27. The van der Waals surface area contributed by atoms with Gasteiger partial charge in [0, 0.05) is 11.7 Å². The Morgan fingerprint density at radius 2 is 1.76 bits per heavy atom. The van der Waals surface area contributed by atoms with Crippen molar-refractivity contribution in [2.45, 2.75) is 65.3 Å². The van der Waals surface area contributed by atoms with Crippen molar-refractivity contribution in [3.05, 3.63) is 29.8 Å². The van der Waals surface area contributed by atoms with Crippen molar-refractivity contribution in [1.82, 2.24) is 0 Å². The maximum atomic E-state index is 8.70. The second-order valence-corrected chi connectivity index (χ2v) is 7.07. The molecule has 1 fully saturated rings. The highest BCUT2D eigenvalue weighted by atomic mass is 14.9. The number of hydrogen-bond donors (Lipinski definition) is 1. The first-order chi connectivity index (χ1) is 10.0. The van der Waals surface area contributed by atoms with Crippen LogP contribution in [0.25, 0.3) is 0 Å². The van der Waals surface area contributed by atoms with Gasteiger partial charge in [0.25, 0.3) is 0 Å². The Morgan fingerprint density at radius 1 is 1.14 bits per heavy atom. The smallest absolute Gasteiger partial charge is 0.0669 e. The molecule has 0 aromatic heterocycles. The van der Waals surface area contributed by atoms with Gasteiger partial charge >= 0.3 is 0 Å². The largest absolute Gasteiger partial charge is 0.382 e. The van der Waals surface area contributed by atoms with Crippen LogP contribution in [0.3, 0.4) is 0 Å². The van der Waals surface area contributed by atoms with Gasteiger partial charge in [-0.15, -0.1) is 0 Å². The second kappa shape index (κ2) is 6.98. The minimum atomic E-state index is 0.490. The van der Waals surface area contributed by atoms with Gasteiger partial charge in [0.2, 0.25) is 0 Å². The van der Waals surface area contributed by atoms with Gasteiger partial charge in [0.15, 0.2) is 0 Å². The summed E-state index contributed by atoms with van der Waals surface area (Å²) in [5, 5.41) is 12.4. The third-order valence-electron chi connectivity index (χ3n) is 5.35. The molecule has 1 aliphatic rings. The number of nitrogens with one attached hydrogen (secondary N) is 1. The van der Waals surface area contributed by atoms with Gasteiger partial charge in [0.05, 0.1) is 12.5 Å². The van der Waals surface area contributed by atoms with E-state index in [4.69, 9.17) is 5.26 Å².